The Labute approximate surface area is 165 Å². The summed E-state index contributed by atoms with van der Waals surface area (Å²) in [5.74, 6) is 0.694. The Morgan fingerprint density at radius 1 is 1.11 bits per heavy atom. The zero-order valence-electron chi connectivity index (χ0n) is 16.1. The molecule has 144 valence electrons. The number of nitrogens with zero attached hydrogens (tertiary/aromatic N) is 1. The van der Waals surface area contributed by atoms with Crippen molar-refractivity contribution >= 4 is 11.8 Å². The summed E-state index contributed by atoms with van der Waals surface area (Å²) in [6, 6.07) is 18.2. The standard InChI is InChI=1S/C23H24N2O3/c1-16-4-3-5-17(12-16)14-24-22-10-8-20(15-25-22)19-7-6-18(9-11-23(26)27)21(13-19)28-2/h3-8,10,12-13,15H,9,11,14H2,1-2H3,(H,24,25)(H,26,27). The third kappa shape index (κ3) is 5.10. The molecule has 0 atom stereocenters. The molecule has 5 heteroatoms. The van der Waals surface area contributed by atoms with Gasteiger partial charge in [0.25, 0.3) is 0 Å². The van der Waals surface area contributed by atoms with Gasteiger partial charge >= 0.3 is 5.97 Å². The molecule has 3 rings (SSSR count). The molecule has 0 unspecified atom stereocenters. The number of methoxy groups -OCH3 is 1. The number of anilines is 1. The van der Waals surface area contributed by atoms with E-state index < -0.39 is 5.97 Å². The zero-order chi connectivity index (χ0) is 19.9. The molecule has 0 spiro atoms. The van der Waals surface area contributed by atoms with Crippen LogP contribution in [0, 0.1) is 6.92 Å². The average molecular weight is 376 g/mol. The summed E-state index contributed by atoms with van der Waals surface area (Å²) in [7, 11) is 1.60. The van der Waals surface area contributed by atoms with Crippen molar-refractivity contribution in [1.82, 2.24) is 4.98 Å². The van der Waals surface area contributed by atoms with E-state index in [1.165, 1.54) is 11.1 Å². The van der Waals surface area contributed by atoms with Gasteiger partial charge in [0, 0.05) is 24.7 Å². The van der Waals surface area contributed by atoms with Gasteiger partial charge in [0.2, 0.25) is 0 Å². The van der Waals surface area contributed by atoms with Crippen molar-refractivity contribution in [2.45, 2.75) is 26.3 Å². The van der Waals surface area contributed by atoms with Crippen LogP contribution in [0.2, 0.25) is 0 Å². The molecule has 1 aromatic heterocycles. The van der Waals surface area contributed by atoms with Gasteiger partial charge in [-0.3, -0.25) is 4.79 Å². The van der Waals surface area contributed by atoms with Crippen molar-refractivity contribution in [2.75, 3.05) is 12.4 Å². The van der Waals surface area contributed by atoms with Crippen LogP contribution < -0.4 is 10.1 Å². The van der Waals surface area contributed by atoms with E-state index in [4.69, 9.17) is 9.84 Å². The number of aryl methyl sites for hydroxylation is 2. The van der Waals surface area contributed by atoms with Crippen LogP contribution in [0.3, 0.4) is 0 Å². The van der Waals surface area contributed by atoms with Crippen LogP contribution in [-0.4, -0.2) is 23.2 Å². The topological polar surface area (TPSA) is 71.5 Å². The fraction of sp³-hybridized carbons (Fsp3) is 0.217. The maximum atomic E-state index is 10.8. The van der Waals surface area contributed by atoms with Crippen LogP contribution in [0.15, 0.2) is 60.8 Å². The van der Waals surface area contributed by atoms with Crippen LogP contribution in [-0.2, 0) is 17.8 Å². The highest BCUT2D eigenvalue weighted by atomic mass is 16.5. The zero-order valence-corrected chi connectivity index (χ0v) is 16.1. The van der Waals surface area contributed by atoms with Crippen LogP contribution >= 0.6 is 0 Å². The van der Waals surface area contributed by atoms with Gasteiger partial charge in [-0.25, -0.2) is 4.98 Å². The molecular weight excluding hydrogens is 352 g/mol. The Morgan fingerprint density at radius 2 is 1.93 bits per heavy atom. The van der Waals surface area contributed by atoms with E-state index in [0.29, 0.717) is 12.2 Å². The number of carbonyl (C=O) groups is 1. The summed E-state index contributed by atoms with van der Waals surface area (Å²) in [6.45, 7) is 2.80. The molecule has 0 aliphatic rings. The van der Waals surface area contributed by atoms with Crippen molar-refractivity contribution in [2.24, 2.45) is 0 Å². The van der Waals surface area contributed by atoms with Crippen molar-refractivity contribution in [3.05, 3.63) is 77.5 Å². The Hall–Kier alpha value is -3.34. The molecule has 0 aliphatic carbocycles. The molecule has 0 aliphatic heterocycles. The number of pyridine rings is 1. The molecule has 0 saturated carbocycles. The monoisotopic (exact) mass is 376 g/mol. The highest BCUT2D eigenvalue weighted by molar-refractivity contribution is 5.69. The number of carboxylic acid groups (broad SMARTS) is 1. The molecule has 0 fully saturated rings. The normalized spacial score (nSPS) is 10.5. The number of aliphatic carboxylic acids is 1. The maximum absolute atomic E-state index is 10.8. The summed E-state index contributed by atoms with van der Waals surface area (Å²) >= 11 is 0. The highest BCUT2D eigenvalue weighted by Gasteiger charge is 2.08. The lowest BCUT2D eigenvalue weighted by Gasteiger charge is -2.11. The largest absolute Gasteiger partial charge is 0.496 e. The number of rotatable bonds is 8. The Balaban J connectivity index is 1.69. The Bertz CT molecular complexity index is 952. The van der Waals surface area contributed by atoms with E-state index in [9.17, 15) is 4.79 Å². The third-order valence-electron chi connectivity index (χ3n) is 4.55. The van der Waals surface area contributed by atoms with Gasteiger partial charge in [0.05, 0.1) is 7.11 Å². The number of nitrogens with one attached hydrogen (secondary N) is 1. The minimum atomic E-state index is -0.816. The average Bonchev–Trinajstić information content (AvgIpc) is 2.71. The Kier molecular flexibility index (Phi) is 6.27. The minimum absolute atomic E-state index is 0.0819. The first-order chi connectivity index (χ1) is 13.5. The van der Waals surface area contributed by atoms with Gasteiger partial charge < -0.3 is 15.2 Å². The molecule has 3 aromatic rings. The molecule has 2 N–H and O–H groups in total. The number of ether oxygens (including phenoxy) is 1. The summed E-state index contributed by atoms with van der Waals surface area (Å²) in [5.41, 5.74) is 5.30. The van der Waals surface area contributed by atoms with E-state index in [-0.39, 0.29) is 6.42 Å². The van der Waals surface area contributed by atoms with Crippen molar-refractivity contribution < 1.29 is 14.6 Å². The molecule has 1 heterocycles. The lowest BCUT2D eigenvalue weighted by molar-refractivity contribution is -0.136. The fourth-order valence-electron chi connectivity index (χ4n) is 3.06. The molecule has 28 heavy (non-hydrogen) atoms. The van der Waals surface area contributed by atoms with Crippen LogP contribution in [0.1, 0.15) is 23.1 Å². The summed E-state index contributed by atoms with van der Waals surface area (Å²) in [6.07, 6.45) is 2.35. The second kappa shape index (κ2) is 9.04. The molecule has 5 nitrogen and oxygen atoms in total. The van der Waals surface area contributed by atoms with Crippen LogP contribution in [0.25, 0.3) is 11.1 Å². The van der Waals surface area contributed by atoms with E-state index in [1.807, 2.05) is 36.5 Å². The first-order valence-corrected chi connectivity index (χ1v) is 9.19. The minimum Gasteiger partial charge on any atom is -0.496 e. The quantitative estimate of drug-likeness (QED) is 0.596. The van der Waals surface area contributed by atoms with Gasteiger partial charge in [-0.1, -0.05) is 42.0 Å². The predicted molar refractivity (Wildman–Crippen MR) is 111 cm³/mol. The second-order valence-corrected chi connectivity index (χ2v) is 6.70. The number of aromatic nitrogens is 1. The van der Waals surface area contributed by atoms with E-state index in [0.717, 1.165) is 29.1 Å². The second-order valence-electron chi connectivity index (χ2n) is 6.70. The molecule has 0 saturated heterocycles. The number of carboxylic acids is 1. The number of hydrogen-bond donors (Lipinski definition) is 2. The summed E-state index contributed by atoms with van der Waals surface area (Å²) in [5, 5.41) is 12.2. The summed E-state index contributed by atoms with van der Waals surface area (Å²) in [4.78, 5) is 15.3. The Morgan fingerprint density at radius 3 is 2.61 bits per heavy atom. The van der Waals surface area contributed by atoms with Crippen molar-refractivity contribution in [3.63, 3.8) is 0 Å². The van der Waals surface area contributed by atoms with Gasteiger partial charge in [-0.15, -0.1) is 0 Å². The van der Waals surface area contributed by atoms with Crippen molar-refractivity contribution in [1.29, 1.82) is 0 Å². The fourth-order valence-corrected chi connectivity index (χ4v) is 3.06. The molecule has 0 radical (unpaired) electrons. The first-order valence-electron chi connectivity index (χ1n) is 9.19. The first kappa shape index (κ1) is 19.4. The molecule has 0 amide bonds. The lowest BCUT2D eigenvalue weighted by atomic mass is 10.0. The maximum Gasteiger partial charge on any atom is 0.303 e. The molecule has 0 bridgehead atoms. The van der Waals surface area contributed by atoms with Crippen LogP contribution in [0.5, 0.6) is 5.75 Å². The van der Waals surface area contributed by atoms with Gasteiger partial charge in [-0.2, -0.15) is 0 Å². The molecular formula is C23H24N2O3. The van der Waals surface area contributed by atoms with E-state index in [1.54, 1.807) is 7.11 Å². The summed E-state index contributed by atoms with van der Waals surface area (Å²) < 4.78 is 5.44. The predicted octanol–water partition coefficient (Wildman–Crippen LogP) is 4.69. The van der Waals surface area contributed by atoms with Crippen LogP contribution in [0.4, 0.5) is 5.82 Å². The van der Waals surface area contributed by atoms with E-state index in [2.05, 4.69) is 41.5 Å². The van der Waals surface area contributed by atoms with Gasteiger partial charge in [-0.05, 0) is 48.2 Å². The lowest BCUT2D eigenvalue weighted by Crippen LogP contribution is -2.01. The van der Waals surface area contributed by atoms with Gasteiger partial charge in [0.1, 0.15) is 11.6 Å². The van der Waals surface area contributed by atoms with E-state index >= 15 is 0 Å². The number of hydrogen-bond acceptors (Lipinski definition) is 4. The smallest absolute Gasteiger partial charge is 0.303 e. The third-order valence-corrected chi connectivity index (χ3v) is 4.55. The highest BCUT2D eigenvalue weighted by Crippen LogP contribution is 2.28. The molecule has 2 aromatic carbocycles. The SMILES string of the molecule is COc1cc(-c2ccc(NCc3cccc(C)c3)nc2)ccc1CCC(=O)O. The van der Waals surface area contributed by atoms with Crippen molar-refractivity contribution in [3.8, 4) is 16.9 Å². The van der Waals surface area contributed by atoms with Gasteiger partial charge in [0.15, 0.2) is 0 Å². The number of benzene rings is 2.